The van der Waals surface area contributed by atoms with Gasteiger partial charge in [-0.25, -0.2) is 5.01 Å². The molecule has 20 heavy (non-hydrogen) atoms. The maximum absolute atomic E-state index is 12.1. The van der Waals surface area contributed by atoms with E-state index in [0.29, 0.717) is 13.1 Å². The molecule has 1 N–H and O–H groups in total. The number of carbonyl (C=O) groups excluding carboxylic acids is 1. The molecule has 0 spiro atoms. The number of likely N-dealkylation sites (N-methyl/N-ethyl adjacent to an activating group) is 1. The summed E-state index contributed by atoms with van der Waals surface area (Å²) in [6.07, 6.45) is 0. The fourth-order valence-electron chi connectivity index (χ4n) is 1.96. The van der Waals surface area contributed by atoms with Gasteiger partial charge in [0, 0.05) is 32.2 Å². The highest BCUT2D eigenvalue weighted by Crippen LogP contribution is 2.27. The molecule has 0 bridgehead atoms. The van der Waals surface area contributed by atoms with Crippen molar-refractivity contribution in [2.75, 3.05) is 33.2 Å². The molecule has 1 aromatic rings. The van der Waals surface area contributed by atoms with E-state index >= 15 is 0 Å². The van der Waals surface area contributed by atoms with Crippen LogP contribution in [0.3, 0.4) is 0 Å². The Kier molecular flexibility index (Phi) is 4.53. The Morgan fingerprint density at radius 1 is 1.35 bits per heavy atom. The van der Waals surface area contributed by atoms with Crippen molar-refractivity contribution in [3.63, 3.8) is 0 Å². The molecule has 1 aliphatic heterocycles. The summed E-state index contributed by atoms with van der Waals surface area (Å²) < 4.78 is 0. The number of piperazine rings is 1. The fraction of sp³-hybridized carbons (Fsp3) is 0.417. The molecule has 1 aromatic carbocycles. The summed E-state index contributed by atoms with van der Waals surface area (Å²) in [6, 6.07) is 4.19. The van der Waals surface area contributed by atoms with Crippen LogP contribution in [0.5, 0.6) is 0 Å². The Morgan fingerprint density at radius 3 is 2.60 bits per heavy atom. The Bertz CT molecular complexity index is 529. The van der Waals surface area contributed by atoms with Crippen LogP contribution in [0.15, 0.2) is 18.2 Å². The minimum Gasteiger partial charge on any atom is -0.304 e. The minimum absolute atomic E-state index is 0.111. The summed E-state index contributed by atoms with van der Waals surface area (Å²) >= 11 is 5.91. The highest BCUT2D eigenvalue weighted by Gasteiger charge is 2.22. The first-order valence-electron chi connectivity index (χ1n) is 6.16. The van der Waals surface area contributed by atoms with Gasteiger partial charge in [-0.05, 0) is 13.1 Å². The molecule has 1 heterocycles. The van der Waals surface area contributed by atoms with Crippen LogP contribution in [0, 0.1) is 10.1 Å². The molecular formula is C12H15ClN4O3. The third-order valence-corrected chi connectivity index (χ3v) is 3.58. The van der Waals surface area contributed by atoms with Crippen molar-refractivity contribution in [3.8, 4) is 0 Å². The van der Waals surface area contributed by atoms with Crippen LogP contribution in [0.1, 0.15) is 10.4 Å². The minimum atomic E-state index is -0.602. The quantitative estimate of drug-likeness (QED) is 0.669. The molecular weight excluding hydrogens is 284 g/mol. The van der Waals surface area contributed by atoms with E-state index in [1.807, 2.05) is 7.05 Å². The van der Waals surface area contributed by atoms with Crippen molar-refractivity contribution in [3.05, 3.63) is 38.9 Å². The summed E-state index contributed by atoms with van der Waals surface area (Å²) in [5, 5.41) is 12.5. The van der Waals surface area contributed by atoms with E-state index in [0.717, 1.165) is 13.1 Å². The van der Waals surface area contributed by atoms with Crippen LogP contribution in [0.25, 0.3) is 0 Å². The van der Waals surface area contributed by atoms with Crippen molar-refractivity contribution in [2.45, 2.75) is 0 Å². The number of nitrogens with one attached hydrogen (secondary N) is 1. The van der Waals surface area contributed by atoms with Crippen molar-refractivity contribution >= 4 is 23.2 Å². The van der Waals surface area contributed by atoms with E-state index < -0.39 is 10.8 Å². The number of halogens is 1. The molecule has 0 aliphatic carbocycles. The molecule has 0 atom stereocenters. The summed E-state index contributed by atoms with van der Waals surface area (Å²) in [5.74, 6) is -0.428. The Morgan fingerprint density at radius 2 is 2.00 bits per heavy atom. The second kappa shape index (κ2) is 6.17. The van der Waals surface area contributed by atoms with Gasteiger partial charge >= 0.3 is 0 Å². The van der Waals surface area contributed by atoms with Crippen LogP contribution in [-0.4, -0.2) is 54.0 Å². The number of benzene rings is 1. The molecule has 1 amide bonds. The van der Waals surface area contributed by atoms with Gasteiger partial charge in [-0.2, -0.15) is 0 Å². The predicted octanol–water partition coefficient (Wildman–Crippen LogP) is 1.14. The van der Waals surface area contributed by atoms with E-state index in [9.17, 15) is 14.9 Å². The summed E-state index contributed by atoms with van der Waals surface area (Å²) in [5.41, 5.74) is 2.57. The largest absolute Gasteiger partial charge is 0.304 e. The molecule has 7 nitrogen and oxygen atoms in total. The number of hydrazine groups is 1. The molecule has 2 rings (SSSR count). The molecule has 0 radical (unpaired) electrons. The van der Waals surface area contributed by atoms with E-state index in [2.05, 4.69) is 10.3 Å². The van der Waals surface area contributed by atoms with Crippen molar-refractivity contribution in [1.29, 1.82) is 0 Å². The maximum Gasteiger partial charge on any atom is 0.288 e. The number of nitro benzene ring substituents is 1. The number of amides is 1. The number of nitrogens with zero attached hydrogens (tertiary/aromatic N) is 3. The SMILES string of the molecule is CN1CCN(NC(=O)c2cccc([N+](=O)[O-])c2Cl)CC1. The van der Waals surface area contributed by atoms with Crippen LogP contribution < -0.4 is 5.43 Å². The highest BCUT2D eigenvalue weighted by atomic mass is 35.5. The Labute approximate surface area is 121 Å². The Hall–Kier alpha value is -1.70. The highest BCUT2D eigenvalue weighted by molar-refractivity contribution is 6.35. The molecule has 0 unspecified atom stereocenters. The average molecular weight is 299 g/mol. The van der Waals surface area contributed by atoms with Gasteiger partial charge in [-0.3, -0.25) is 20.3 Å². The number of nitro groups is 1. The molecule has 0 aromatic heterocycles. The molecule has 1 aliphatic rings. The monoisotopic (exact) mass is 298 g/mol. The lowest BCUT2D eigenvalue weighted by Gasteiger charge is -2.32. The average Bonchev–Trinajstić information content (AvgIpc) is 2.41. The van der Waals surface area contributed by atoms with Crippen molar-refractivity contribution in [2.24, 2.45) is 0 Å². The fourth-order valence-corrected chi connectivity index (χ4v) is 2.24. The second-order valence-corrected chi connectivity index (χ2v) is 5.01. The van der Waals surface area contributed by atoms with Crippen LogP contribution in [-0.2, 0) is 0 Å². The van der Waals surface area contributed by atoms with E-state index in [-0.39, 0.29) is 16.3 Å². The van der Waals surface area contributed by atoms with Crippen molar-refractivity contribution < 1.29 is 9.72 Å². The van der Waals surface area contributed by atoms with Gasteiger partial charge in [0.25, 0.3) is 11.6 Å². The van der Waals surface area contributed by atoms with Gasteiger partial charge in [-0.1, -0.05) is 17.7 Å². The first-order chi connectivity index (χ1) is 9.49. The smallest absolute Gasteiger partial charge is 0.288 e. The summed E-state index contributed by atoms with van der Waals surface area (Å²) in [4.78, 5) is 24.5. The predicted molar refractivity (Wildman–Crippen MR) is 74.6 cm³/mol. The van der Waals surface area contributed by atoms with E-state index in [1.165, 1.54) is 18.2 Å². The van der Waals surface area contributed by atoms with Crippen LogP contribution in [0.2, 0.25) is 5.02 Å². The molecule has 8 heteroatoms. The van der Waals surface area contributed by atoms with Crippen molar-refractivity contribution in [1.82, 2.24) is 15.3 Å². The topological polar surface area (TPSA) is 78.7 Å². The normalized spacial score (nSPS) is 16.9. The van der Waals surface area contributed by atoms with Gasteiger partial charge in [-0.15, -0.1) is 0 Å². The zero-order valence-corrected chi connectivity index (χ0v) is 11.8. The molecule has 1 fully saturated rings. The van der Waals surface area contributed by atoms with E-state index in [1.54, 1.807) is 5.01 Å². The number of carbonyl (C=O) groups is 1. The van der Waals surface area contributed by atoms with Crippen LogP contribution >= 0.6 is 11.6 Å². The molecule has 108 valence electrons. The lowest BCUT2D eigenvalue weighted by Crippen LogP contribution is -2.52. The summed E-state index contributed by atoms with van der Waals surface area (Å²) in [7, 11) is 2.01. The Balaban J connectivity index is 2.10. The third kappa shape index (κ3) is 3.24. The standard InChI is InChI=1S/C12H15ClN4O3/c1-15-5-7-16(8-6-15)14-12(18)9-3-2-4-10(11(9)13)17(19)20/h2-4H,5-8H2,1H3,(H,14,18). The number of rotatable bonds is 3. The maximum atomic E-state index is 12.1. The lowest BCUT2D eigenvalue weighted by molar-refractivity contribution is -0.384. The number of hydrogen-bond acceptors (Lipinski definition) is 5. The second-order valence-electron chi connectivity index (χ2n) is 4.63. The van der Waals surface area contributed by atoms with Gasteiger partial charge in [0.1, 0.15) is 5.02 Å². The zero-order chi connectivity index (χ0) is 14.7. The van der Waals surface area contributed by atoms with Crippen LogP contribution in [0.4, 0.5) is 5.69 Å². The van der Waals surface area contributed by atoms with Gasteiger partial charge in [0.2, 0.25) is 0 Å². The first kappa shape index (κ1) is 14.7. The lowest BCUT2D eigenvalue weighted by atomic mass is 10.2. The summed E-state index contributed by atoms with van der Waals surface area (Å²) in [6.45, 7) is 3.11. The van der Waals surface area contributed by atoms with Gasteiger partial charge in [0.05, 0.1) is 10.5 Å². The first-order valence-corrected chi connectivity index (χ1v) is 6.54. The zero-order valence-electron chi connectivity index (χ0n) is 11.0. The molecule has 0 saturated carbocycles. The molecule has 1 saturated heterocycles. The number of hydrogen-bond donors (Lipinski definition) is 1. The van der Waals surface area contributed by atoms with Gasteiger partial charge < -0.3 is 4.90 Å². The van der Waals surface area contributed by atoms with Gasteiger partial charge in [0.15, 0.2) is 0 Å². The van der Waals surface area contributed by atoms with E-state index in [4.69, 9.17) is 11.6 Å². The third-order valence-electron chi connectivity index (χ3n) is 3.18.